The number of hydrogen-bond donors (Lipinski definition) is 0. The molecular weight excluding hydrogens is 485 g/mol. The normalized spacial score (nSPS) is 12.5. The Kier molecular flexibility index (Phi) is 6.14. The molecule has 0 spiro atoms. The van der Waals surface area contributed by atoms with Crippen LogP contribution in [-0.2, 0) is 6.16 Å². The van der Waals surface area contributed by atoms with Crippen molar-refractivity contribution in [3.8, 4) is 5.75 Å². The SMILES string of the molecule is COc1cc([N+](=O)[O-])ccc1CP(Br)(c1ccccc1)(c1ccccc1)c1ccccc1. The average Bonchev–Trinajstić information content (AvgIpc) is 2.86. The van der Waals surface area contributed by atoms with Crippen LogP contribution in [0.3, 0.4) is 0 Å². The molecule has 0 N–H and O–H groups in total. The number of benzene rings is 4. The van der Waals surface area contributed by atoms with Gasteiger partial charge in [0.05, 0.1) is 0 Å². The van der Waals surface area contributed by atoms with Gasteiger partial charge in [0.1, 0.15) is 0 Å². The fourth-order valence-corrected chi connectivity index (χ4v) is 11.9. The molecule has 6 heteroatoms. The van der Waals surface area contributed by atoms with E-state index in [1.54, 1.807) is 13.2 Å². The molecule has 0 aliphatic rings. The number of nitrogens with zero attached hydrogens (tertiary/aromatic N) is 1. The molecule has 32 heavy (non-hydrogen) atoms. The van der Waals surface area contributed by atoms with Crippen molar-refractivity contribution in [3.05, 3.63) is 125 Å². The van der Waals surface area contributed by atoms with Gasteiger partial charge in [-0.25, -0.2) is 0 Å². The van der Waals surface area contributed by atoms with Gasteiger partial charge in [0, 0.05) is 0 Å². The molecule has 0 aliphatic heterocycles. The van der Waals surface area contributed by atoms with Gasteiger partial charge in [-0.2, -0.15) is 0 Å². The van der Waals surface area contributed by atoms with E-state index in [1.165, 1.54) is 22.0 Å². The van der Waals surface area contributed by atoms with Crippen LogP contribution in [0.25, 0.3) is 0 Å². The zero-order valence-electron chi connectivity index (χ0n) is 17.6. The first-order chi connectivity index (χ1) is 15.5. The van der Waals surface area contributed by atoms with Crippen molar-refractivity contribution in [1.82, 2.24) is 0 Å². The number of nitro groups is 1. The van der Waals surface area contributed by atoms with E-state index in [2.05, 4.69) is 88.3 Å². The zero-order valence-corrected chi connectivity index (χ0v) is 20.1. The molecule has 4 aromatic carbocycles. The Balaban J connectivity index is 2.06. The van der Waals surface area contributed by atoms with Gasteiger partial charge in [-0.05, 0) is 0 Å². The number of halogens is 1. The molecule has 162 valence electrons. The predicted molar refractivity (Wildman–Crippen MR) is 137 cm³/mol. The second-order valence-electron chi connectivity index (χ2n) is 7.60. The van der Waals surface area contributed by atoms with Crippen LogP contribution in [-0.4, -0.2) is 12.0 Å². The second-order valence-corrected chi connectivity index (χ2v) is 16.5. The van der Waals surface area contributed by atoms with E-state index in [-0.39, 0.29) is 5.69 Å². The van der Waals surface area contributed by atoms with Crippen molar-refractivity contribution in [1.29, 1.82) is 0 Å². The molecule has 0 unspecified atom stereocenters. The van der Waals surface area contributed by atoms with E-state index in [1.807, 2.05) is 24.3 Å². The van der Waals surface area contributed by atoms with Crippen molar-refractivity contribution < 1.29 is 9.66 Å². The molecule has 0 fully saturated rings. The summed E-state index contributed by atoms with van der Waals surface area (Å²) in [5, 5.41) is 11.7. The quantitative estimate of drug-likeness (QED) is 0.176. The van der Waals surface area contributed by atoms with Crippen LogP contribution in [0, 0.1) is 10.1 Å². The topological polar surface area (TPSA) is 52.4 Å². The fraction of sp³-hybridized carbons (Fsp3) is 0.0769. The van der Waals surface area contributed by atoms with Crippen LogP contribution in [0.2, 0.25) is 0 Å². The standard InChI is InChI=1S/C26H23BrNO3P/c1-31-26-19-22(28(29)30)18-17-21(26)20-32(27,23-11-5-2-6-12-23,24-13-7-3-8-14-24)25-15-9-4-10-16-25/h2-19H,20H2,1H3. The molecule has 0 amide bonds. The van der Waals surface area contributed by atoms with Crippen LogP contribution in [0.1, 0.15) is 5.56 Å². The van der Waals surface area contributed by atoms with Crippen molar-refractivity contribution in [2.45, 2.75) is 6.16 Å². The maximum atomic E-state index is 11.3. The van der Waals surface area contributed by atoms with E-state index in [9.17, 15) is 10.1 Å². The Hall–Kier alpha value is -3.01. The van der Waals surface area contributed by atoms with Gasteiger partial charge < -0.3 is 0 Å². The van der Waals surface area contributed by atoms with Crippen molar-refractivity contribution in [2.24, 2.45) is 0 Å². The number of hydrogen-bond acceptors (Lipinski definition) is 3. The first kappa shape index (κ1) is 22.2. The Labute approximate surface area is 195 Å². The molecular formula is C26H23BrNO3P. The number of rotatable bonds is 7. The Morgan fingerprint density at radius 2 is 1.22 bits per heavy atom. The van der Waals surface area contributed by atoms with Crippen molar-refractivity contribution in [2.75, 3.05) is 7.11 Å². The molecule has 4 nitrogen and oxygen atoms in total. The summed E-state index contributed by atoms with van der Waals surface area (Å²) in [4.78, 5) is 10.9. The Morgan fingerprint density at radius 1 is 0.781 bits per heavy atom. The molecule has 4 aromatic rings. The zero-order chi connectivity index (χ0) is 22.6. The molecule has 0 heterocycles. The van der Waals surface area contributed by atoms with E-state index in [4.69, 9.17) is 4.74 Å². The monoisotopic (exact) mass is 507 g/mol. The summed E-state index contributed by atoms with van der Waals surface area (Å²) in [6, 6.07) is 36.2. The number of non-ortho nitro benzene ring substituents is 1. The summed E-state index contributed by atoms with van der Waals surface area (Å²) in [6.45, 7) is 0. The third kappa shape index (κ3) is 3.72. The summed E-state index contributed by atoms with van der Waals surface area (Å²) in [6.07, 6.45) is 0.602. The van der Waals surface area contributed by atoms with Crippen molar-refractivity contribution >= 4 is 42.4 Å². The molecule has 0 aliphatic carbocycles. The molecule has 0 saturated carbocycles. The maximum absolute atomic E-state index is 11.3. The van der Waals surface area contributed by atoms with Gasteiger partial charge in [0.2, 0.25) is 0 Å². The molecule has 0 radical (unpaired) electrons. The van der Waals surface area contributed by atoms with Crippen LogP contribution >= 0.6 is 20.8 Å². The van der Waals surface area contributed by atoms with Crippen LogP contribution in [0.4, 0.5) is 5.69 Å². The van der Waals surface area contributed by atoms with Gasteiger partial charge in [-0.3, -0.25) is 0 Å². The van der Waals surface area contributed by atoms with Gasteiger partial charge in [0.25, 0.3) is 0 Å². The van der Waals surface area contributed by atoms with Crippen molar-refractivity contribution in [3.63, 3.8) is 0 Å². The third-order valence-electron chi connectivity index (χ3n) is 5.83. The first-order valence-corrected chi connectivity index (χ1v) is 14.6. The first-order valence-electron chi connectivity index (χ1n) is 10.2. The molecule has 0 aromatic heterocycles. The number of methoxy groups -OCH3 is 1. The minimum absolute atomic E-state index is 0.0135. The van der Waals surface area contributed by atoms with Crippen LogP contribution in [0.15, 0.2) is 109 Å². The van der Waals surface area contributed by atoms with E-state index >= 15 is 0 Å². The van der Waals surface area contributed by atoms with Gasteiger partial charge in [0.15, 0.2) is 0 Å². The summed E-state index contributed by atoms with van der Waals surface area (Å²) in [5.41, 5.74) is 0.920. The minimum atomic E-state index is -3.21. The number of nitro benzene ring substituents is 1. The predicted octanol–water partition coefficient (Wildman–Crippen LogP) is 5.94. The summed E-state index contributed by atoms with van der Waals surface area (Å²) in [5.74, 6) is 0.510. The molecule has 4 rings (SSSR count). The molecule has 0 bridgehead atoms. The summed E-state index contributed by atoms with van der Waals surface area (Å²) >= 11 is 4.41. The van der Waals surface area contributed by atoms with Crippen LogP contribution < -0.4 is 20.7 Å². The van der Waals surface area contributed by atoms with Gasteiger partial charge >= 0.3 is 196 Å². The van der Waals surface area contributed by atoms with E-state index in [0.717, 1.165) is 5.56 Å². The Morgan fingerprint density at radius 3 is 1.59 bits per heavy atom. The second kappa shape index (κ2) is 8.85. The summed E-state index contributed by atoms with van der Waals surface area (Å²) < 4.78 is 5.63. The van der Waals surface area contributed by atoms with E-state index < -0.39 is 10.2 Å². The fourth-order valence-electron chi connectivity index (χ4n) is 4.23. The number of ether oxygens (including phenoxy) is 1. The molecule has 0 saturated heterocycles. The Bertz CT molecular complexity index is 1130. The summed E-state index contributed by atoms with van der Waals surface area (Å²) in [7, 11) is 1.55. The average molecular weight is 508 g/mol. The van der Waals surface area contributed by atoms with Gasteiger partial charge in [-0.1, -0.05) is 0 Å². The van der Waals surface area contributed by atoms with Crippen LogP contribution in [0.5, 0.6) is 5.75 Å². The van der Waals surface area contributed by atoms with E-state index in [0.29, 0.717) is 11.9 Å². The molecule has 0 atom stereocenters. The van der Waals surface area contributed by atoms with Gasteiger partial charge in [-0.15, -0.1) is 0 Å². The third-order valence-corrected chi connectivity index (χ3v) is 15.3.